The van der Waals surface area contributed by atoms with E-state index in [0.29, 0.717) is 12.1 Å². The summed E-state index contributed by atoms with van der Waals surface area (Å²) < 4.78 is 17.9. The summed E-state index contributed by atoms with van der Waals surface area (Å²) in [6.45, 7) is 1.47. The maximum Gasteiger partial charge on any atom is 0.338 e. The molecule has 9 heteroatoms. The zero-order valence-corrected chi connectivity index (χ0v) is 9.08. The lowest BCUT2D eigenvalue weighted by Gasteiger charge is -2.02. The Kier molecular flexibility index (Phi) is 3.87. The normalized spacial score (nSPS) is 9.89. The Morgan fingerprint density at radius 2 is 1.72 bits per heavy atom. The average Bonchev–Trinajstić information content (AvgIpc) is 2.28. The van der Waals surface area contributed by atoms with Gasteiger partial charge in [-0.1, -0.05) is 0 Å². The number of benzene rings is 1. The van der Waals surface area contributed by atoms with Gasteiger partial charge in [0.2, 0.25) is 0 Å². The topological polar surface area (TPSA) is 113 Å². The number of ether oxygens (including phenoxy) is 1. The van der Waals surface area contributed by atoms with Crippen molar-refractivity contribution in [2.45, 2.75) is 6.92 Å². The Hall–Kier alpha value is -2.58. The maximum atomic E-state index is 13.4. The van der Waals surface area contributed by atoms with Gasteiger partial charge in [-0.15, -0.1) is 0 Å². The fourth-order valence-corrected chi connectivity index (χ4v) is 1.19. The van der Waals surface area contributed by atoms with Crippen LogP contribution in [0, 0.1) is 26.0 Å². The van der Waals surface area contributed by atoms with E-state index in [0.717, 1.165) is 0 Å². The minimum Gasteiger partial charge on any atom is -0.462 e. The zero-order chi connectivity index (χ0) is 13.9. The molecule has 1 aromatic rings. The molecule has 0 fully saturated rings. The summed E-state index contributed by atoms with van der Waals surface area (Å²) >= 11 is 0. The molecule has 1 aromatic carbocycles. The number of hydrogen-bond donors (Lipinski definition) is 0. The van der Waals surface area contributed by atoms with Crippen molar-refractivity contribution in [3.8, 4) is 0 Å². The summed E-state index contributed by atoms with van der Waals surface area (Å²) in [5, 5.41) is 21.0. The average molecular weight is 258 g/mol. The second-order valence-corrected chi connectivity index (χ2v) is 3.06. The molecule has 0 bridgehead atoms. The highest BCUT2D eigenvalue weighted by atomic mass is 19.1. The molecule has 0 amide bonds. The highest BCUT2D eigenvalue weighted by Crippen LogP contribution is 2.28. The summed E-state index contributed by atoms with van der Waals surface area (Å²) in [6.07, 6.45) is 0. The van der Waals surface area contributed by atoms with Gasteiger partial charge in [0.15, 0.2) is 0 Å². The summed E-state index contributed by atoms with van der Waals surface area (Å²) in [7, 11) is 0. The number of carbonyl (C=O) groups is 1. The van der Waals surface area contributed by atoms with Gasteiger partial charge in [-0.2, -0.15) is 4.39 Å². The molecule has 96 valence electrons. The van der Waals surface area contributed by atoms with Gasteiger partial charge >= 0.3 is 17.3 Å². The lowest BCUT2D eigenvalue weighted by atomic mass is 10.1. The molecule has 0 aliphatic rings. The van der Waals surface area contributed by atoms with Crippen LogP contribution in [0.2, 0.25) is 0 Å². The first kappa shape index (κ1) is 13.5. The molecule has 0 heterocycles. The van der Waals surface area contributed by atoms with Crippen LogP contribution in [0.4, 0.5) is 15.8 Å². The first-order chi connectivity index (χ1) is 8.38. The molecular formula is C9H7FN2O6. The number of carbonyl (C=O) groups excluding carboxylic acids is 1. The lowest BCUT2D eigenvalue weighted by Crippen LogP contribution is -2.08. The van der Waals surface area contributed by atoms with Gasteiger partial charge in [-0.3, -0.25) is 20.2 Å². The van der Waals surface area contributed by atoms with E-state index in [4.69, 9.17) is 0 Å². The van der Waals surface area contributed by atoms with Gasteiger partial charge in [0.05, 0.1) is 22.0 Å². The monoisotopic (exact) mass is 258 g/mol. The quantitative estimate of drug-likeness (QED) is 0.462. The molecule has 0 radical (unpaired) electrons. The van der Waals surface area contributed by atoms with E-state index in [1.807, 2.05) is 0 Å². The smallest absolute Gasteiger partial charge is 0.338 e. The van der Waals surface area contributed by atoms with Crippen molar-refractivity contribution in [3.63, 3.8) is 0 Å². The maximum absolute atomic E-state index is 13.4. The third kappa shape index (κ3) is 2.56. The van der Waals surface area contributed by atoms with Crippen LogP contribution < -0.4 is 0 Å². The molecule has 0 saturated heterocycles. The predicted octanol–water partition coefficient (Wildman–Crippen LogP) is 1.82. The SMILES string of the molecule is CCOC(=O)c1cc([N+](=O)[O-])c(F)c([N+](=O)[O-])c1. The third-order valence-electron chi connectivity index (χ3n) is 1.94. The van der Waals surface area contributed by atoms with Crippen molar-refractivity contribution in [2.75, 3.05) is 6.61 Å². The predicted molar refractivity (Wildman–Crippen MR) is 55.7 cm³/mol. The molecule has 0 unspecified atom stereocenters. The van der Waals surface area contributed by atoms with Crippen LogP contribution in [0.1, 0.15) is 17.3 Å². The van der Waals surface area contributed by atoms with Gasteiger partial charge in [0.1, 0.15) is 0 Å². The van der Waals surface area contributed by atoms with Crippen LogP contribution >= 0.6 is 0 Å². The van der Waals surface area contributed by atoms with Gasteiger partial charge in [0.25, 0.3) is 5.82 Å². The number of rotatable bonds is 4. The molecule has 0 N–H and O–H groups in total. The van der Waals surface area contributed by atoms with E-state index in [-0.39, 0.29) is 6.61 Å². The van der Waals surface area contributed by atoms with E-state index in [2.05, 4.69) is 4.74 Å². The van der Waals surface area contributed by atoms with Crippen LogP contribution in [-0.4, -0.2) is 22.4 Å². The molecule has 0 aliphatic heterocycles. The molecule has 1 rings (SSSR count). The van der Waals surface area contributed by atoms with Crippen molar-refractivity contribution in [1.82, 2.24) is 0 Å². The largest absolute Gasteiger partial charge is 0.462 e. The standard InChI is InChI=1S/C9H7FN2O6/c1-2-18-9(13)5-3-6(11(14)15)8(10)7(4-5)12(16)17/h3-4H,2H2,1H3. The first-order valence-electron chi connectivity index (χ1n) is 4.68. The molecular weight excluding hydrogens is 251 g/mol. The van der Waals surface area contributed by atoms with Gasteiger partial charge < -0.3 is 4.74 Å². The number of nitro benzene ring substituents is 2. The van der Waals surface area contributed by atoms with Gasteiger partial charge in [0, 0.05) is 12.1 Å². The molecule has 8 nitrogen and oxygen atoms in total. The summed E-state index contributed by atoms with van der Waals surface area (Å²) in [6, 6.07) is 1.20. The van der Waals surface area contributed by atoms with Crippen LogP contribution in [0.25, 0.3) is 0 Å². The summed E-state index contributed by atoms with van der Waals surface area (Å²) in [5.41, 5.74) is -2.74. The number of nitro groups is 2. The Bertz CT molecular complexity index is 495. The molecule has 0 saturated carbocycles. The van der Waals surface area contributed by atoms with Crippen molar-refractivity contribution in [1.29, 1.82) is 0 Å². The number of esters is 1. The third-order valence-corrected chi connectivity index (χ3v) is 1.94. The van der Waals surface area contributed by atoms with Crippen molar-refractivity contribution < 1.29 is 23.8 Å². The second kappa shape index (κ2) is 5.17. The number of nitrogens with zero attached hydrogens (tertiary/aromatic N) is 2. The van der Waals surface area contributed by atoms with Crippen LogP contribution in [-0.2, 0) is 4.74 Å². The van der Waals surface area contributed by atoms with E-state index in [1.54, 1.807) is 0 Å². The lowest BCUT2D eigenvalue weighted by molar-refractivity contribution is -0.399. The zero-order valence-electron chi connectivity index (χ0n) is 9.08. The Morgan fingerprint density at radius 1 is 1.28 bits per heavy atom. The van der Waals surface area contributed by atoms with Crippen molar-refractivity contribution >= 4 is 17.3 Å². The molecule has 0 aliphatic carbocycles. The highest BCUT2D eigenvalue weighted by molar-refractivity contribution is 5.91. The minimum atomic E-state index is -1.60. The number of hydrogen-bond acceptors (Lipinski definition) is 6. The van der Waals surface area contributed by atoms with Crippen LogP contribution in [0.15, 0.2) is 12.1 Å². The Balaban J connectivity index is 3.43. The number of halogens is 1. The van der Waals surface area contributed by atoms with Crippen LogP contribution in [0.3, 0.4) is 0 Å². The van der Waals surface area contributed by atoms with Crippen LogP contribution in [0.5, 0.6) is 0 Å². The minimum absolute atomic E-state index is 0.0161. The van der Waals surface area contributed by atoms with Crippen molar-refractivity contribution in [2.24, 2.45) is 0 Å². The fourth-order valence-electron chi connectivity index (χ4n) is 1.19. The van der Waals surface area contributed by atoms with Gasteiger partial charge in [-0.25, -0.2) is 4.79 Å². The first-order valence-corrected chi connectivity index (χ1v) is 4.68. The fraction of sp³-hybridized carbons (Fsp3) is 0.222. The van der Waals surface area contributed by atoms with E-state index < -0.39 is 38.6 Å². The Labute approximate surface area is 99.3 Å². The van der Waals surface area contributed by atoms with Gasteiger partial charge in [-0.05, 0) is 6.92 Å². The molecule has 0 spiro atoms. The van der Waals surface area contributed by atoms with Crippen molar-refractivity contribution in [3.05, 3.63) is 43.7 Å². The second-order valence-electron chi connectivity index (χ2n) is 3.06. The molecule has 0 aromatic heterocycles. The Morgan fingerprint density at radius 3 is 2.06 bits per heavy atom. The molecule has 0 atom stereocenters. The summed E-state index contributed by atoms with van der Waals surface area (Å²) in [4.78, 5) is 30.1. The van der Waals surface area contributed by atoms with E-state index in [9.17, 15) is 29.4 Å². The van der Waals surface area contributed by atoms with E-state index in [1.165, 1.54) is 6.92 Å². The highest BCUT2D eigenvalue weighted by Gasteiger charge is 2.29. The summed E-state index contributed by atoms with van der Waals surface area (Å²) in [5.74, 6) is -2.60. The van der Waals surface area contributed by atoms with E-state index >= 15 is 0 Å². The molecule has 18 heavy (non-hydrogen) atoms.